The average molecular weight is 282 g/mol. The number of esters is 1. The van der Waals surface area contributed by atoms with Gasteiger partial charge in [0.25, 0.3) is 0 Å². The molecule has 3 nitrogen and oxygen atoms in total. The van der Waals surface area contributed by atoms with Gasteiger partial charge >= 0.3 is 5.97 Å². The van der Waals surface area contributed by atoms with Gasteiger partial charge in [-0.3, -0.25) is 0 Å². The molecule has 0 radical (unpaired) electrons. The lowest BCUT2D eigenvalue weighted by Gasteiger charge is -1.99. The molecule has 0 aliphatic heterocycles. The molecule has 0 atom stereocenters. The first-order valence-corrected chi connectivity index (χ1v) is 7.02. The lowest BCUT2D eigenvalue weighted by Crippen LogP contribution is -2.00. The average Bonchev–Trinajstić information content (AvgIpc) is 3.02. The third-order valence-electron chi connectivity index (χ3n) is 3.42. The molecule has 2 aromatic heterocycles. The summed E-state index contributed by atoms with van der Waals surface area (Å²) < 4.78 is 13.0. The van der Waals surface area contributed by atoms with Crippen molar-refractivity contribution in [3.63, 3.8) is 0 Å². The first-order valence-electron chi connectivity index (χ1n) is 6.20. The highest BCUT2D eigenvalue weighted by Crippen LogP contribution is 2.41. The van der Waals surface area contributed by atoms with Gasteiger partial charge in [-0.15, -0.1) is 11.3 Å². The predicted octanol–water partition coefficient (Wildman–Crippen LogP) is 4.59. The zero-order chi connectivity index (χ0) is 13.7. The largest absolute Gasteiger partial charge is 0.465 e. The molecule has 0 amide bonds. The smallest absolute Gasteiger partial charge is 0.338 e. The summed E-state index contributed by atoms with van der Waals surface area (Å²) in [5.74, 6) is -0.337. The molecule has 0 N–H and O–H groups in total. The Hall–Kier alpha value is -2.33. The van der Waals surface area contributed by atoms with Gasteiger partial charge in [0.1, 0.15) is 5.58 Å². The van der Waals surface area contributed by atoms with Crippen LogP contribution in [-0.4, -0.2) is 13.1 Å². The molecule has 4 heteroatoms. The second kappa shape index (κ2) is 4.08. The minimum Gasteiger partial charge on any atom is -0.465 e. The Labute approximate surface area is 118 Å². The van der Waals surface area contributed by atoms with Crippen molar-refractivity contribution in [1.29, 1.82) is 0 Å². The van der Waals surface area contributed by atoms with Gasteiger partial charge in [-0.05, 0) is 24.3 Å². The Morgan fingerprint density at radius 3 is 2.85 bits per heavy atom. The summed E-state index contributed by atoms with van der Waals surface area (Å²) in [7, 11) is 1.39. The molecule has 0 bridgehead atoms. The molecule has 98 valence electrons. The fourth-order valence-corrected chi connectivity index (χ4v) is 3.72. The van der Waals surface area contributed by atoms with Crippen molar-refractivity contribution in [2.75, 3.05) is 7.11 Å². The molecule has 0 fully saturated rings. The normalized spacial score (nSPS) is 11.4. The molecule has 0 saturated carbocycles. The summed E-state index contributed by atoms with van der Waals surface area (Å²) in [4.78, 5) is 11.9. The number of fused-ring (bicyclic) bond motifs is 5. The van der Waals surface area contributed by atoms with E-state index < -0.39 is 0 Å². The first kappa shape index (κ1) is 11.5. The summed E-state index contributed by atoms with van der Waals surface area (Å²) in [6, 6.07) is 13.5. The fraction of sp³-hybridized carbons (Fsp3) is 0.0625. The summed E-state index contributed by atoms with van der Waals surface area (Å²) in [5, 5.41) is 1.93. The Balaban J connectivity index is 2.21. The third kappa shape index (κ3) is 1.42. The highest BCUT2D eigenvalue weighted by atomic mass is 32.1. The van der Waals surface area contributed by atoms with Crippen LogP contribution in [0.2, 0.25) is 0 Å². The SMILES string of the molecule is COC(=O)c1cccc2oc3c4ccccc4sc3c12. The maximum atomic E-state index is 11.9. The summed E-state index contributed by atoms with van der Waals surface area (Å²) in [6.45, 7) is 0. The van der Waals surface area contributed by atoms with Crippen LogP contribution in [0.25, 0.3) is 31.3 Å². The zero-order valence-corrected chi connectivity index (χ0v) is 11.5. The van der Waals surface area contributed by atoms with Crippen LogP contribution in [0.3, 0.4) is 0 Å². The van der Waals surface area contributed by atoms with Crippen LogP contribution in [0, 0.1) is 0 Å². The van der Waals surface area contributed by atoms with E-state index in [0.717, 1.165) is 31.3 Å². The van der Waals surface area contributed by atoms with Gasteiger partial charge in [0, 0.05) is 10.1 Å². The maximum absolute atomic E-state index is 11.9. The Morgan fingerprint density at radius 1 is 1.15 bits per heavy atom. The van der Waals surface area contributed by atoms with Crippen molar-refractivity contribution in [3.8, 4) is 0 Å². The predicted molar refractivity (Wildman–Crippen MR) is 80.4 cm³/mol. The van der Waals surface area contributed by atoms with E-state index >= 15 is 0 Å². The molecule has 2 heterocycles. The van der Waals surface area contributed by atoms with E-state index in [9.17, 15) is 4.79 Å². The van der Waals surface area contributed by atoms with Crippen molar-refractivity contribution in [1.82, 2.24) is 0 Å². The molecule has 0 aliphatic carbocycles. The second-order valence-electron chi connectivity index (χ2n) is 4.53. The Morgan fingerprint density at radius 2 is 2.00 bits per heavy atom. The van der Waals surface area contributed by atoms with Crippen molar-refractivity contribution in [2.45, 2.75) is 0 Å². The minimum atomic E-state index is -0.337. The Kier molecular flexibility index (Phi) is 2.35. The van der Waals surface area contributed by atoms with E-state index in [0.29, 0.717) is 5.56 Å². The number of rotatable bonds is 1. The van der Waals surface area contributed by atoms with E-state index in [2.05, 4.69) is 6.07 Å². The molecular formula is C16H10O3S. The highest BCUT2D eigenvalue weighted by molar-refractivity contribution is 7.26. The van der Waals surface area contributed by atoms with Gasteiger partial charge in [0.15, 0.2) is 5.58 Å². The fourth-order valence-electron chi connectivity index (χ4n) is 2.53. The summed E-state index contributed by atoms with van der Waals surface area (Å²) >= 11 is 1.64. The van der Waals surface area contributed by atoms with Crippen LogP contribution in [0.5, 0.6) is 0 Å². The third-order valence-corrected chi connectivity index (χ3v) is 4.59. The molecule has 0 aliphatic rings. The van der Waals surface area contributed by atoms with Crippen LogP contribution >= 0.6 is 11.3 Å². The van der Waals surface area contributed by atoms with Crippen molar-refractivity contribution in [3.05, 3.63) is 48.0 Å². The van der Waals surface area contributed by atoms with Crippen LogP contribution < -0.4 is 0 Å². The number of thiophene rings is 1. The second-order valence-corrected chi connectivity index (χ2v) is 5.58. The molecule has 20 heavy (non-hydrogen) atoms. The van der Waals surface area contributed by atoms with E-state index in [1.54, 1.807) is 17.4 Å². The quantitative estimate of drug-likeness (QED) is 0.479. The number of ether oxygens (including phenoxy) is 1. The molecule has 0 unspecified atom stereocenters. The van der Waals surface area contributed by atoms with Crippen LogP contribution in [0.1, 0.15) is 10.4 Å². The molecule has 4 rings (SSSR count). The van der Waals surface area contributed by atoms with E-state index in [1.165, 1.54) is 7.11 Å². The zero-order valence-electron chi connectivity index (χ0n) is 10.7. The summed E-state index contributed by atoms with van der Waals surface area (Å²) in [6.07, 6.45) is 0. The van der Waals surface area contributed by atoms with Crippen LogP contribution in [0.15, 0.2) is 46.9 Å². The number of hydrogen-bond donors (Lipinski definition) is 0. The highest BCUT2D eigenvalue weighted by Gasteiger charge is 2.19. The van der Waals surface area contributed by atoms with Gasteiger partial charge < -0.3 is 9.15 Å². The standard InChI is InChI=1S/C16H10O3S/c1-18-16(17)10-6-4-7-11-13(10)15-14(19-11)9-5-2-3-8-12(9)20-15/h2-8H,1H3. The lowest BCUT2D eigenvalue weighted by molar-refractivity contribution is 0.0603. The molecular weight excluding hydrogens is 272 g/mol. The van der Waals surface area contributed by atoms with Crippen molar-refractivity contribution in [2.24, 2.45) is 0 Å². The number of methoxy groups -OCH3 is 1. The van der Waals surface area contributed by atoms with Crippen LogP contribution in [0.4, 0.5) is 0 Å². The number of furan rings is 1. The van der Waals surface area contributed by atoms with Gasteiger partial charge in [0.2, 0.25) is 0 Å². The van der Waals surface area contributed by atoms with Gasteiger partial charge in [-0.2, -0.15) is 0 Å². The summed E-state index contributed by atoms with van der Waals surface area (Å²) in [5.41, 5.74) is 2.12. The van der Waals surface area contributed by atoms with Gasteiger partial charge in [-0.1, -0.05) is 18.2 Å². The number of carbonyl (C=O) groups is 1. The minimum absolute atomic E-state index is 0.337. The van der Waals surface area contributed by atoms with Crippen LogP contribution in [-0.2, 0) is 4.74 Å². The van der Waals surface area contributed by atoms with Gasteiger partial charge in [-0.25, -0.2) is 4.79 Å². The number of benzene rings is 2. The van der Waals surface area contributed by atoms with E-state index in [-0.39, 0.29) is 5.97 Å². The maximum Gasteiger partial charge on any atom is 0.338 e. The molecule has 4 aromatic rings. The van der Waals surface area contributed by atoms with E-state index in [1.807, 2.05) is 30.3 Å². The van der Waals surface area contributed by atoms with Crippen molar-refractivity contribution >= 4 is 48.6 Å². The Bertz CT molecular complexity index is 962. The topological polar surface area (TPSA) is 39.4 Å². The number of hydrogen-bond acceptors (Lipinski definition) is 4. The molecule has 0 saturated heterocycles. The van der Waals surface area contributed by atoms with Gasteiger partial charge in [0.05, 0.1) is 22.8 Å². The number of carbonyl (C=O) groups excluding carboxylic acids is 1. The van der Waals surface area contributed by atoms with E-state index in [4.69, 9.17) is 9.15 Å². The first-order chi connectivity index (χ1) is 9.79. The lowest BCUT2D eigenvalue weighted by atomic mass is 10.1. The molecule has 0 spiro atoms. The van der Waals surface area contributed by atoms with Crippen molar-refractivity contribution < 1.29 is 13.9 Å². The monoisotopic (exact) mass is 282 g/mol. The molecule has 2 aromatic carbocycles.